The Balaban J connectivity index is 1.44. The Morgan fingerprint density at radius 3 is 2.78 bits per heavy atom. The molecule has 3 heterocycles. The third kappa shape index (κ3) is 2.92. The zero-order valence-electron chi connectivity index (χ0n) is 13.6. The predicted molar refractivity (Wildman–Crippen MR) is 84.3 cm³/mol. The van der Waals surface area contributed by atoms with E-state index >= 15 is 0 Å². The van der Waals surface area contributed by atoms with Crippen LogP contribution in [0.2, 0.25) is 0 Å². The Morgan fingerprint density at radius 2 is 2.04 bits per heavy atom. The van der Waals surface area contributed by atoms with Gasteiger partial charge in [0.15, 0.2) is 0 Å². The lowest BCUT2D eigenvalue weighted by Crippen LogP contribution is -2.49. The van der Waals surface area contributed by atoms with Gasteiger partial charge in [0.2, 0.25) is 10.0 Å². The molecule has 1 aromatic heterocycles. The van der Waals surface area contributed by atoms with Crippen molar-refractivity contribution in [3.05, 3.63) is 11.6 Å². The van der Waals surface area contributed by atoms with Crippen molar-refractivity contribution < 1.29 is 13.2 Å². The number of fused-ring (bicyclic) bond motifs is 1. The van der Waals surface area contributed by atoms with Gasteiger partial charge >= 0.3 is 0 Å². The summed E-state index contributed by atoms with van der Waals surface area (Å²) < 4.78 is 35.1. The van der Waals surface area contributed by atoms with Gasteiger partial charge in [-0.15, -0.1) is 0 Å². The molecule has 1 spiro atoms. The normalized spacial score (nSPS) is 27.6. The zero-order valence-corrected chi connectivity index (χ0v) is 14.4. The molecule has 1 saturated heterocycles. The van der Waals surface area contributed by atoms with Gasteiger partial charge in [0.25, 0.3) is 0 Å². The monoisotopic (exact) mass is 340 g/mol. The predicted octanol–water partition coefficient (Wildman–Crippen LogP) is 1.22. The lowest BCUT2D eigenvalue weighted by atomic mass is 9.74. The molecule has 1 saturated carbocycles. The summed E-state index contributed by atoms with van der Waals surface area (Å²) in [6.45, 7) is 3.19. The van der Waals surface area contributed by atoms with E-state index in [9.17, 15) is 8.42 Å². The van der Waals surface area contributed by atoms with Crippen LogP contribution in [0.15, 0.2) is 0 Å². The second-order valence-electron chi connectivity index (χ2n) is 7.08. The second kappa shape index (κ2) is 5.53. The van der Waals surface area contributed by atoms with E-state index in [0.29, 0.717) is 25.5 Å². The number of aromatic nitrogens is 3. The first-order valence-corrected chi connectivity index (χ1v) is 10.1. The van der Waals surface area contributed by atoms with Gasteiger partial charge < -0.3 is 4.74 Å². The summed E-state index contributed by atoms with van der Waals surface area (Å²) in [5.41, 5.74) is -0.00236. The summed E-state index contributed by atoms with van der Waals surface area (Å²) in [6.07, 6.45) is 6.26. The fourth-order valence-corrected chi connectivity index (χ4v) is 5.58. The molecule has 1 aliphatic carbocycles. The first-order valence-electron chi connectivity index (χ1n) is 8.52. The standard InChI is InChI=1S/C15H24N4O3S/c1-12-16-14-10-18(8-9-19(14)17-12)23(20,21)11-13-4-2-5-15(22-13)6-3-7-15/h13H,2-11H2,1H3. The van der Waals surface area contributed by atoms with E-state index in [0.717, 1.165) is 37.9 Å². The minimum Gasteiger partial charge on any atom is -0.371 e. The number of hydrogen-bond donors (Lipinski definition) is 0. The van der Waals surface area contributed by atoms with Crippen LogP contribution in [0.1, 0.15) is 50.2 Å². The zero-order chi connectivity index (χ0) is 16.1. The van der Waals surface area contributed by atoms with Crippen molar-refractivity contribution in [2.24, 2.45) is 0 Å². The van der Waals surface area contributed by atoms with E-state index in [-0.39, 0.29) is 17.5 Å². The molecule has 0 bridgehead atoms. The van der Waals surface area contributed by atoms with Gasteiger partial charge in [0.1, 0.15) is 11.6 Å². The minimum atomic E-state index is -3.32. The topological polar surface area (TPSA) is 77.3 Å². The van der Waals surface area contributed by atoms with Crippen LogP contribution in [-0.4, -0.2) is 51.5 Å². The van der Waals surface area contributed by atoms with Crippen molar-refractivity contribution in [2.75, 3.05) is 12.3 Å². The molecule has 0 aromatic carbocycles. The number of ether oxygens (including phenoxy) is 1. The first-order chi connectivity index (χ1) is 11.0. The quantitative estimate of drug-likeness (QED) is 0.827. The Bertz CT molecular complexity index is 696. The Labute approximate surface area is 137 Å². The largest absolute Gasteiger partial charge is 0.371 e. The third-order valence-electron chi connectivity index (χ3n) is 5.36. The maximum atomic E-state index is 12.8. The molecule has 0 N–H and O–H groups in total. The van der Waals surface area contributed by atoms with Crippen LogP contribution < -0.4 is 0 Å². The molecule has 0 radical (unpaired) electrons. The van der Waals surface area contributed by atoms with E-state index in [1.807, 2.05) is 11.6 Å². The lowest BCUT2D eigenvalue weighted by molar-refractivity contribution is -0.161. The van der Waals surface area contributed by atoms with Gasteiger partial charge in [-0.3, -0.25) is 0 Å². The first kappa shape index (κ1) is 15.5. The van der Waals surface area contributed by atoms with Crippen LogP contribution in [0.3, 0.4) is 0 Å². The fourth-order valence-electron chi connectivity index (χ4n) is 4.00. The summed E-state index contributed by atoms with van der Waals surface area (Å²) in [5.74, 6) is 1.53. The molecule has 1 atom stereocenters. The van der Waals surface area contributed by atoms with Crippen molar-refractivity contribution in [3.63, 3.8) is 0 Å². The Hall–Kier alpha value is -0.990. The maximum Gasteiger partial charge on any atom is 0.217 e. The van der Waals surface area contributed by atoms with E-state index in [1.54, 1.807) is 4.31 Å². The highest BCUT2D eigenvalue weighted by Gasteiger charge is 2.43. The molecule has 2 fully saturated rings. The van der Waals surface area contributed by atoms with Gasteiger partial charge in [-0.2, -0.15) is 9.40 Å². The maximum absolute atomic E-state index is 12.8. The van der Waals surface area contributed by atoms with Gasteiger partial charge in [0.05, 0.1) is 30.5 Å². The van der Waals surface area contributed by atoms with Crippen molar-refractivity contribution in [1.29, 1.82) is 0 Å². The average Bonchev–Trinajstić information content (AvgIpc) is 2.84. The molecule has 1 unspecified atom stereocenters. The molecule has 3 aliphatic rings. The van der Waals surface area contributed by atoms with E-state index in [4.69, 9.17) is 4.74 Å². The molecule has 8 heteroatoms. The summed E-state index contributed by atoms with van der Waals surface area (Å²) >= 11 is 0. The van der Waals surface area contributed by atoms with Crippen LogP contribution >= 0.6 is 0 Å². The number of rotatable bonds is 3. The highest BCUT2D eigenvalue weighted by Crippen LogP contribution is 2.44. The van der Waals surface area contributed by atoms with Crippen molar-refractivity contribution >= 4 is 10.0 Å². The molecule has 0 amide bonds. The summed E-state index contributed by atoms with van der Waals surface area (Å²) in [4.78, 5) is 4.32. The minimum absolute atomic E-state index is 0.00236. The fraction of sp³-hybridized carbons (Fsp3) is 0.867. The SMILES string of the molecule is Cc1nc2n(n1)CCN(S(=O)(=O)CC1CCCC3(CCC3)O1)C2. The number of sulfonamides is 1. The van der Waals surface area contributed by atoms with Gasteiger partial charge in [-0.25, -0.2) is 18.1 Å². The summed E-state index contributed by atoms with van der Waals surface area (Å²) in [5, 5.41) is 4.28. The van der Waals surface area contributed by atoms with Crippen LogP contribution in [0.5, 0.6) is 0 Å². The van der Waals surface area contributed by atoms with Crippen LogP contribution in [0, 0.1) is 6.92 Å². The van der Waals surface area contributed by atoms with E-state index in [2.05, 4.69) is 10.1 Å². The van der Waals surface area contributed by atoms with E-state index < -0.39 is 10.0 Å². The third-order valence-corrected chi connectivity index (χ3v) is 7.25. The highest BCUT2D eigenvalue weighted by molar-refractivity contribution is 7.89. The molecular weight excluding hydrogens is 316 g/mol. The molecule has 128 valence electrons. The average molecular weight is 340 g/mol. The molecular formula is C15H24N4O3S. The Kier molecular flexibility index (Phi) is 3.73. The van der Waals surface area contributed by atoms with Gasteiger partial charge in [0, 0.05) is 6.54 Å². The second-order valence-corrected chi connectivity index (χ2v) is 9.09. The molecule has 23 heavy (non-hydrogen) atoms. The molecule has 1 aromatic rings. The van der Waals surface area contributed by atoms with Crippen molar-refractivity contribution in [3.8, 4) is 0 Å². The molecule has 2 aliphatic heterocycles. The van der Waals surface area contributed by atoms with Crippen molar-refractivity contribution in [2.45, 2.75) is 70.2 Å². The number of aryl methyl sites for hydroxylation is 1. The smallest absolute Gasteiger partial charge is 0.217 e. The molecule has 7 nitrogen and oxygen atoms in total. The highest BCUT2D eigenvalue weighted by atomic mass is 32.2. The van der Waals surface area contributed by atoms with Gasteiger partial charge in [-0.05, 0) is 45.4 Å². The lowest BCUT2D eigenvalue weighted by Gasteiger charge is -2.47. The van der Waals surface area contributed by atoms with Crippen LogP contribution in [0.25, 0.3) is 0 Å². The summed E-state index contributed by atoms with van der Waals surface area (Å²) in [7, 11) is -3.32. The summed E-state index contributed by atoms with van der Waals surface area (Å²) in [6, 6.07) is 0. The van der Waals surface area contributed by atoms with Crippen LogP contribution in [-0.2, 0) is 27.8 Å². The van der Waals surface area contributed by atoms with Crippen LogP contribution in [0.4, 0.5) is 0 Å². The van der Waals surface area contributed by atoms with Crippen molar-refractivity contribution in [1.82, 2.24) is 19.1 Å². The van der Waals surface area contributed by atoms with Gasteiger partial charge in [-0.1, -0.05) is 0 Å². The Morgan fingerprint density at radius 1 is 1.26 bits per heavy atom. The number of hydrogen-bond acceptors (Lipinski definition) is 5. The molecule has 4 rings (SSSR count). The van der Waals surface area contributed by atoms with E-state index in [1.165, 1.54) is 6.42 Å². The number of nitrogens with zero attached hydrogens (tertiary/aromatic N) is 4.